The predicted octanol–water partition coefficient (Wildman–Crippen LogP) is 1.92. The number of para-hydroxylation sites is 2. The molecule has 18 heavy (non-hydrogen) atoms. The third-order valence-electron chi connectivity index (χ3n) is 2.90. The number of fused-ring (bicyclic) bond motifs is 1. The molecule has 0 aliphatic carbocycles. The molecule has 2 aromatic heterocycles. The summed E-state index contributed by atoms with van der Waals surface area (Å²) in [6.07, 6.45) is 4.36. The van der Waals surface area contributed by atoms with Crippen LogP contribution in [0.3, 0.4) is 0 Å². The molecule has 3 aromatic rings. The number of benzene rings is 1. The van der Waals surface area contributed by atoms with Crippen molar-refractivity contribution in [3.63, 3.8) is 0 Å². The van der Waals surface area contributed by atoms with Crippen LogP contribution < -0.4 is 5.73 Å². The van der Waals surface area contributed by atoms with Crippen molar-refractivity contribution in [2.75, 3.05) is 6.54 Å². The third-order valence-corrected chi connectivity index (χ3v) is 2.90. The highest BCUT2D eigenvalue weighted by Crippen LogP contribution is 2.20. The van der Waals surface area contributed by atoms with E-state index in [4.69, 9.17) is 5.73 Å². The van der Waals surface area contributed by atoms with Gasteiger partial charge in [-0.15, -0.1) is 0 Å². The number of pyridine rings is 1. The zero-order valence-corrected chi connectivity index (χ0v) is 9.95. The molecular weight excluding hydrogens is 224 g/mol. The van der Waals surface area contributed by atoms with Gasteiger partial charge in [-0.3, -0.25) is 9.55 Å². The van der Waals surface area contributed by atoms with Gasteiger partial charge in [-0.2, -0.15) is 0 Å². The van der Waals surface area contributed by atoms with Crippen LogP contribution >= 0.6 is 0 Å². The van der Waals surface area contributed by atoms with Gasteiger partial charge < -0.3 is 5.73 Å². The second kappa shape index (κ2) is 4.58. The molecule has 0 atom stereocenters. The number of nitrogens with two attached hydrogens (primary N) is 1. The van der Waals surface area contributed by atoms with E-state index in [1.165, 1.54) is 0 Å². The lowest BCUT2D eigenvalue weighted by molar-refractivity contribution is 0.846. The Labute approximate surface area is 105 Å². The molecule has 0 saturated carbocycles. The van der Waals surface area contributed by atoms with Gasteiger partial charge in [0, 0.05) is 12.6 Å². The molecule has 0 unspecified atom stereocenters. The molecule has 2 heterocycles. The second-order valence-electron chi connectivity index (χ2n) is 4.10. The summed E-state index contributed by atoms with van der Waals surface area (Å²) in [5.41, 5.74) is 8.77. The highest BCUT2D eigenvalue weighted by molar-refractivity contribution is 5.78. The number of imidazole rings is 1. The number of nitrogens with zero attached hydrogens (tertiary/aromatic N) is 3. The molecule has 4 nitrogen and oxygen atoms in total. The first-order valence-corrected chi connectivity index (χ1v) is 5.97. The van der Waals surface area contributed by atoms with Crippen LogP contribution in [0.2, 0.25) is 0 Å². The van der Waals surface area contributed by atoms with Gasteiger partial charge in [-0.05, 0) is 30.8 Å². The maximum atomic E-state index is 5.66. The lowest BCUT2D eigenvalue weighted by atomic mass is 10.3. The number of aromatic nitrogens is 3. The van der Waals surface area contributed by atoms with Gasteiger partial charge in [0.2, 0.25) is 0 Å². The Morgan fingerprint density at radius 1 is 1.11 bits per heavy atom. The quantitative estimate of drug-likeness (QED) is 0.758. The summed E-state index contributed by atoms with van der Waals surface area (Å²) in [7, 11) is 0. The molecule has 0 radical (unpaired) electrons. The van der Waals surface area contributed by atoms with E-state index in [2.05, 4.69) is 20.6 Å². The fourth-order valence-corrected chi connectivity index (χ4v) is 2.15. The minimum absolute atomic E-state index is 0.587. The van der Waals surface area contributed by atoms with Crippen molar-refractivity contribution in [1.82, 2.24) is 14.5 Å². The fourth-order valence-electron chi connectivity index (χ4n) is 2.15. The first-order chi connectivity index (χ1) is 8.90. The van der Waals surface area contributed by atoms with E-state index in [9.17, 15) is 0 Å². The molecule has 90 valence electrons. The molecule has 0 aliphatic heterocycles. The lowest BCUT2D eigenvalue weighted by Gasteiger charge is -2.07. The summed E-state index contributed by atoms with van der Waals surface area (Å²) in [4.78, 5) is 8.80. The molecule has 0 aliphatic rings. The van der Waals surface area contributed by atoms with Gasteiger partial charge in [0.25, 0.3) is 0 Å². The first-order valence-electron chi connectivity index (χ1n) is 5.97. The average Bonchev–Trinajstić information content (AvgIpc) is 2.78. The first kappa shape index (κ1) is 10.9. The molecule has 3 rings (SSSR count). The van der Waals surface area contributed by atoms with Crippen molar-refractivity contribution >= 4 is 11.0 Å². The van der Waals surface area contributed by atoms with Crippen molar-refractivity contribution in [1.29, 1.82) is 0 Å². The standard InChI is InChI=1S/C14H14N4/c15-8-7-14-17-12-5-1-2-6-13(12)18(14)11-4-3-9-16-10-11/h1-6,9-10H,7-8,15H2. The molecule has 0 spiro atoms. The van der Waals surface area contributed by atoms with E-state index in [1.54, 1.807) is 6.20 Å². The molecule has 1 aromatic carbocycles. The van der Waals surface area contributed by atoms with Crippen molar-refractivity contribution in [3.8, 4) is 5.69 Å². The van der Waals surface area contributed by atoms with Crippen LogP contribution in [0.25, 0.3) is 16.7 Å². The van der Waals surface area contributed by atoms with Crippen LogP contribution in [-0.2, 0) is 6.42 Å². The van der Waals surface area contributed by atoms with E-state index in [0.29, 0.717) is 6.54 Å². The Kier molecular flexibility index (Phi) is 2.78. The van der Waals surface area contributed by atoms with E-state index < -0.39 is 0 Å². The number of hydrogen-bond acceptors (Lipinski definition) is 3. The molecule has 0 amide bonds. The SMILES string of the molecule is NCCc1nc2ccccc2n1-c1cccnc1. The van der Waals surface area contributed by atoms with Crippen molar-refractivity contribution < 1.29 is 0 Å². The summed E-state index contributed by atoms with van der Waals surface area (Å²) in [5, 5.41) is 0. The molecule has 2 N–H and O–H groups in total. The van der Waals surface area contributed by atoms with Crippen molar-refractivity contribution in [2.24, 2.45) is 5.73 Å². The largest absolute Gasteiger partial charge is 0.330 e. The minimum Gasteiger partial charge on any atom is -0.330 e. The van der Waals surface area contributed by atoms with Gasteiger partial charge in [-0.25, -0.2) is 4.98 Å². The Balaban J connectivity index is 2.28. The Morgan fingerprint density at radius 2 is 2.00 bits per heavy atom. The Hall–Kier alpha value is -2.20. The summed E-state index contributed by atoms with van der Waals surface area (Å²) in [5.74, 6) is 0.978. The van der Waals surface area contributed by atoms with Crippen molar-refractivity contribution in [2.45, 2.75) is 6.42 Å². The number of hydrogen-bond donors (Lipinski definition) is 1. The van der Waals surface area contributed by atoms with Crippen LogP contribution in [0.15, 0.2) is 48.8 Å². The van der Waals surface area contributed by atoms with E-state index in [0.717, 1.165) is 29.0 Å². The monoisotopic (exact) mass is 238 g/mol. The molecule has 0 saturated heterocycles. The van der Waals surface area contributed by atoms with E-state index in [-0.39, 0.29) is 0 Å². The third kappa shape index (κ3) is 1.76. The van der Waals surface area contributed by atoms with Gasteiger partial charge in [0.05, 0.1) is 22.9 Å². The van der Waals surface area contributed by atoms with E-state index >= 15 is 0 Å². The van der Waals surface area contributed by atoms with E-state index in [1.807, 2.05) is 36.5 Å². The zero-order valence-electron chi connectivity index (χ0n) is 9.95. The van der Waals surface area contributed by atoms with Crippen LogP contribution in [0.4, 0.5) is 0 Å². The lowest BCUT2D eigenvalue weighted by Crippen LogP contribution is -2.09. The topological polar surface area (TPSA) is 56.7 Å². The van der Waals surface area contributed by atoms with Gasteiger partial charge >= 0.3 is 0 Å². The smallest absolute Gasteiger partial charge is 0.115 e. The summed E-state index contributed by atoms with van der Waals surface area (Å²) >= 11 is 0. The average molecular weight is 238 g/mol. The van der Waals surface area contributed by atoms with Crippen molar-refractivity contribution in [3.05, 3.63) is 54.6 Å². The van der Waals surface area contributed by atoms with Crippen LogP contribution in [0.1, 0.15) is 5.82 Å². The maximum Gasteiger partial charge on any atom is 0.115 e. The summed E-state index contributed by atoms with van der Waals surface area (Å²) in [6.45, 7) is 0.587. The maximum absolute atomic E-state index is 5.66. The molecule has 0 bridgehead atoms. The summed E-state index contributed by atoms with van der Waals surface area (Å²) in [6, 6.07) is 12.0. The Morgan fingerprint density at radius 3 is 2.78 bits per heavy atom. The zero-order chi connectivity index (χ0) is 12.4. The van der Waals surface area contributed by atoms with Crippen LogP contribution in [0.5, 0.6) is 0 Å². The van der Waals surface area contributed by atoms with Gasteiger partial charge in [-0.1, -0.05) is 12.1 Å². The normalized spacial score (nSPS) is 10.9. The van der Waals surface area contributed by atoms with Crippen LogP contribution in [-0.4, -0.2) is 21.1 Å². The molecular formula is C14H14N4. The fraction of sp³-hybridized carbons (Fsp3) is 0.143. The molecule has 4 heteroatoms. The summed E-state index contributed by atoms with van der Waals surface area (Å²) < 4.78 is 2.12. The highest BCUT2D eigenvalue weighted by atomic mass is 15.1. The molecule has 0 fully saturated rings. The minimum atomic E-state index is 0.587. The number of rotatable bonds is 3. The second-order valence-corrected chi connectivity index (χ2v) is 4.10. The predicted molar refractivity (Wildman–Crippen MR) is 71.6 cm³/mol. The van der Waals surface area contributed by atoms with Gasteiger partial charge in [0.1, 0.15) is 5.82 Å². The van der Waals surface area contributed by atoms with Crippen LogP contribution in [0, 0.1) is 0 Å². The Bertz CT molecular complexity index is 658. The van der Waals surface area contributed by atoms with Gasteiger partial charge in [0.15, 0.2) is 0 Å². The highest BCUT2D eigenvalue weighted by Gasteiger charge is 2.10.